The molecule has 0 atom stereocenters. The minimum Gasteiger partial charge on any atom is -0.348 e. The monoisotopic (exact) mass is 193 g/mol. The van der Waals surface area contributed by atoms with Gasteiger partial charge in [-0.15, -0.1) is 0 Å². The van der Waals surface area contributed by atoms with Crippen molar-refractivity contribution in [1.29, 1.82) is 0 Å². The van der Waals surface area contributed by atoms with Crippen LogP contribution in [0, 0.1) is 0 Å². The number of amides is 1. The van der Waals surface area contributed by atoms with Crippen LogP contribution < -0.4 is 5.32 Å². The molecule has 0 bridgehead atoms. The molecule has 0 saturated carbocycles. The standard InChI is InChI=1S/C10H15N3O/c1-13(2)10(14)8-12-7-9-3-5-11-6-4-9/h3-6,12H,7-8H2,1-2H3. The normalized spacial score (nSPS) is 9.86. The van der Waals surface area contributed by atoms with Crippen molar-refractivity contribution in [2.24, 2.45) is 0 Å². The quantitative estimate of drug-likeness (QED) is 0.746. The van der Waals surface area contributed by atoms with Crippen molar-refractivity contribution >= 4 is 5.91 Å². The van der Waals surface area contributed by atoms with Crippen LogP contribution in [0.2, 0.25) is 0 Å². The second-order valence-corrected chi connectivity index (χ2v) is 3.25. The summed E-state index contributed by atoms with van der Waals surface area (Å²) < 4.78 is 0. The number of carbonyl (C=O) groups excluding carboxylic acids is 1. The Morgan fingerprint density at radius 2 is 2.07 bits per heavy atom. The third kappa shape index (κ3) is 3.53. The number of likely N-dealkylation sites (N-methyl/N-ethyl adjacent to an activating group) is 1. The average Bonchev–Trinajstić information content (AvgIpc) is 2.19. The van der Waals surface area contributed by atoms with Crippen molar-refractivity contribution in [2.75, 3.05) is 20.6 Å². The summed E-state index contributed by atoms with van der Waals surface area (Å²) in [6.07, 6.45) is 3.48. The van der Waals surface area contributed by atoms with Gasteiger partial charge >= 0.3 is 0 Å². The maximum Gasteiger partial charge on any atom is 0.236 e. The molecule has 1 heterocycles. The molecule has 0 aliphatic carbocycles. The molecule has 1 rings (SSSR count). The van der Waals surface area contributed by atoms with Gasteiger partial charge in [-0.05, 0) is 17.7 Å². The Morgan fingerprint density at radius 1 is 1.43 bits per heavy atom. The highest BCUT2D eigenvalue weighted by Gasteiger charge is 2.01. The summed E-state index contributed by atoms with van der Waals surface area (Å²) in [7, 11) is 3.49. The predicted molar refractivity (Wildman–Crippen MR) is 54.6 cm³/mol. The Labute approximate surface area is 83.9 Å². The molecule has 4 heteroatoms. The highest BCUT2D eigenvalue weighted by Crippen LogP contribution is 1.94. The molecule has 1 aromatic rings. The third-order valence-corrected chi connectivity index (χ3v) is 1.85. The molecular weight excluding hydrogens is 178 g/mol. The van der Waals surface area contributed by atoms with Crippen LogP contribution in [0.15, 0.2) is 24.5 Å². The van der Waals surface area contributed by atoms with Crippen LogP contribution in [0.1, 0.15) is 5.56 Å². The SMILES string of the molecule is CN(C)C(=O)CNCc1ccncc1. The van der Waals surface area contributed by atoms with Crippen LogP contribution in [-0.4, -0.2) is 36.4 Å². The van der Waals surface area contributed by atoms with Gasteiger partial charge in [0, 0.05) is 33.0 Å². The lowest BCUT2D eigenvalue weighted by Gasteiger charge is -2.10. The van der Waals surface area contributed by atoms with Crippen molar-refractivity contribution in [3.63, 3.8) is 0 Å². The first-order valence-electron chi connectivity index (χ1n) is 4.50. The van der Waals surface area contributed by atoms with Crippen LogP contribution in [0.5, 0.6) is 0 Å². The number of nitrogens with zero attached hydrogens (tertiary/aromatic N) is 2. The Morgan fingerprint density at radius 3 is 2.64 bits per heavy atom. The van der Waals surface area contributed by atoms with E-state index >= 15 is 0 Å². The van der Waals surface area contributed by atoms with E-state index in [1.54, 1.807) is 31.4 Å². The summed E-state index contributed by atoms with van der Waals surface area (Å²) in [5, 5.41) is 3.06. The van der Waals surface area contributed by atoms with E-state index in [4.69, 9.17) is 0 Å². The first-order chi connectivity index (χ1) is 6.70. The van der Waals surface area contributed by atoms with Gasteiger partial charge in [0.25, 0.3) is 0 Å². The van der Waals surface area contributed by atoms with Crippen LogP contribution >= 0.6 is 0 Å². The van der Waals surface area contributed by atoms with E-state index in [0.717, 1.165) is 5.56 Å². The maximum atomic E-state index is 11.2. The lowest BCUT2D eigenvalue weighted by atomic mass is 10.3. The fourth-order valence-electron chi connectivity index (χ4n) is 0.973. The van der Waals surface area contributed by atoms with E-state index in [0.29, 0.717) is 13.1 Å². The molecule has 0 spiro atoms. The van der Waals surface area contributed by atoms with Crippen molar-refractivity contribution < 1.29 is 4.79 Å². The largest absolute Gasteiger partial charge is 0.348 e. The van der Waals surface area contributed by atoms with Gasteiger partial charge in [-0.1, -0.05) is 0 Å². The number of hydrogen-bond acceptors (Lipinski definition) is 3. The zero-order valence-electron chi connectivity index (χ0n) is 8.53. The van der Waals surface area contributed by atoms with Crippen molar-refractivity contribution in [3.8, 4) is 0 Å². The first-order valence-corrected chi connectivity index (χ1v) is 4.50. The molecule has 4 nitrogen and oxygen atoms in total. The summed E-state index contributed by atoms with van der Waals surface area (Å²) in [5.41, 5.74) is 1.13. The highest BCUT2D eigenvalue weighted by molar-refractivity contribution is 5.77. The summed E-state index contributed by atoms with van der Waals surface area (Å²) in [6.45, 7) is 1.07. The number of aromatic nitrogens is 1. The second kappa shape index (κ2) is 5.34. The van der Waals surface area contributed by atoms with Crippen molar-refractivity contribution in [1.82, 2.24) is 15.2 Å². The number of carbonyl (C=O) groups is 1. The van der Waals surface area contributed by atoms with E-state index in [1.165, 1.54) is 0 Å². The van der Waals surface area contributed by atoms with Crippen LogP contribution in [0.4, 0.5) is 0 Å². The summed E-state index contributed by atoms with van der Waals surface area (Å²) in [5.74, 6) is 0.0825. The van der Waals surface area contributed by atoms with Gasteiger partial charge in [-0.25, -0.2) is 0 Å². The smallest absolute Gasteiger partial charge is 0.236 e. The number of rotatable bonds is 4. The second-order valence-electron chi connectivity index (χ2n) is 3.25. The lowest BCUT2D eigenvalue weighted by Crippen LogP contribution is -2.32. The fourth-order valence-corrected chi connectivity index (χ4v) is 0.973. The minimum absolute atomic E-state index is 0.0825. The Bertz CT molecular complexity index is 285. The molecule has 0 fully saturated rings. The molecule has 0 radical (unpaired) electrons. The summed E-state index contributed by atoms with van der Waals surface area (Å²) >= 11 is 0. The Kier molecular flexibility index (Phi) is 4.07. The molecule has 0 aliphatic heterocycles. The van der Waals surface area contributed by atoms with E-state index in [9.17, 15) is 4.79 Å². The highest BCUT2D eigenvalue weighted by atomic mass is 16.2. The molecule has 76 valence electrons. The molecule has 1 aromatic heterocycles. The molecule has 0 aromatic carbocycles. The maximum absolute atomic E-state index is 11.2. The van der Waals surface area contributed by atoms with E-state index < -0.39 is 0 Å². The van der Waals surface area contributed by atoms with E-state index in [2.05, 4.69) is 10.3 Å². The molecular formula is C10H15N3O. The summed E-state index contributed by atoms with van der Waals surface area (Å²) in [6, 6.07) is 3.85. The van der Waals surface area contributed by atoms with Gasteiger partial charge in [0.1, 0.15) is 0 Å². The average molecular weight is 193 g/mol. The summed E-state index contributed by atoms with van der Waals surface area (Å²) in [4.78, 5) is 16.7. The van der Waals surface area contributed by atoms with Gasteiger partial charge in [0.05, 0.1) is 6.54 Å². The number of pyridine rings is 1. The van der Waals surface area contributed by atoms with Crippen molar-refractivity contribution in [2.45, 2.75) is 6.54 Å². The van der Waals surface area contributed by atoms with Gasteiger partial charge < -0.3 is 10.2 Å². The fraction of sp³-hybridized carbons (Fsp3) is 0.400. The number of nitrogens with one attached hydrogen (secondary N) is 1. The first kappa shape index (κ1) is 10.7. The van der Waals surface area contributed by atoms with Crippen molar-refractivity contribution in [3.05, 3.63) is 30.1 Å². The zero-order chi connectivity index (χ0) is 10.4. The van der Waals surface area contributed by atoms with E-state index in [-0.39, 0.29) is 5.91 Å². The molecule has 1 N–H and O–H groups in total. The van der Waals surface area contributed by atoms with Crippen LogP contribution in [0.3, 0.4) is 0 Å². The molecule has 0 unspecified atom stereocenters. The molecule has 14 heavy (non-hydrogen) atoms. The van der Waals surface area contributed by atoms with Gasteiger partial charge in [0.15, 0.2) is 0 Å². The number of hydrogen-bond donors (Lipinski definition) is 1. The van der Waals surface area contributed by atoms with Gasteiger partial charge in [0.2, 0.25) is 5.91 Å². The Hall–Kier alpha value is -1.42. The predicted octanol–water partition coefficient (Wildman–Crippen LogP) is 0.259. The molecule has 0 aliphatic rings. The molecule has 1 amide bonds. The Balaban J connectivity index is 2.26. The lowest BCUT2D eigenvalue weighted by molar-refractivity contribution is -0.127. The topological polar surface area (TPSA) is 45.2 Å². The van der Waals surface area contributed by atoms with Crippen LogP contribution in [0.25, 0.3) is 0 Å². The van der Waals surface area contributed by atoms with E-state index in [1.807, 2.05) is 12.1 Å². The zero-order valence-corrected chi connectivity index (χ0v) is 8.53. The van der Waals surface area contributed by atoms with Gasteiger partial charge in [-0.2, -0.15) is 0 Å². The van der Waals surface area contributed by atoms with Gasteiger partial charge in [-0.3, -0.25) is 9.78 Å². The third-order valence-electron chi connectivity index (χ3n) is 1.85. The minimum atomic E-state index is 0.0825. The van der Waals surface area contributed by atoms with Crippen LogP contribution in [-0.2, 0) is 11.3 Å². The molecule has 0 saturated heterocycles.